The van der Waals surface area contributed by atoms with E-state index in [-0.39, 0.29) is 23.3 Å². The summed E-state index contributed by atoms with van der Waals surface area (Å²) in [6.07, 6.45) is -1.85. The molecule has 6 nitrogen and oxygen atoms in total. The molecule has 0 bridgehead atoms. The van der Waals surface area contributed by atoms with Crippen molar-refractivity contribution in [1.82, 2.24) is 15.1 Å². The van der Waals surface area contributed by atoms with Crippen molar-refractivity contribution in [3.8, 4) is 5.75 Å². The molecule has 0 aromatic heterocycles. The van der Waals surface area contributed by atoms with Crippen LogP contribution in [-0.2, 0) is 11.0 Å². The molecule has 1 amide bonds. The number of hydrogen-bond donors (Lipinski definition) is 1. The number of ether oxygens (including phenoxy) is 1. The Hall–Kier alpha value is -2.78. The van der Waals surface area contributed by atoms with Gasteiger partial charge in [0.15, 0.2) is 0 Å². The van der Waals surface area contributed by atoms with Crippen molar-refractivity contribution >= 4 is 11.6 Å². The molecule has 9 heteroatoms. The van der Waals surface area contributed by atoms with E-state index in [2.05, 4.69) is 35.9 Å². The van der Waals surface area contributed by atoms with Gasteiger partial charge in [0, 0.05) is 57.0 Å². The van der Waals surface area contributed by atoms with Crippen LogP contribution in [0.4, 0.5) is 18.9 Å². The minimum absolute atomic E-state index is 0.0586. The third-order valence-corrected chi connectivity index (χ3v) is 8.53. The maximum absolute atomic E-state index is 13.4. The number of nitrogens with zero attached hydrogens (tertiary/aromatic N) is 3. The van der Waals surface area contributed by atoms with Crippen LogP contribution in [0.3, 0.4) is 0 Å². The van der Waals surface area contributed by atoms with Gasteiger partial charge in [0.25, 0.3) is 0 Å². The lowest BCUT2D eigenvalue weighted by Gasteiger charge is -2.37. The zero-order valence-electron chi connectivity index (χ0n) is 26.8. The molecule has 43 heavy (non-hydrogen) atoms. The minimum Gasteiger partial charge on any atom is -0.497 e. The second-order valence-corrected chi connectivity index (χ2v) is 12.2. The lowest BCUT2D eigenvalue weighted by molar-refractivity contribution is -0.138. The van der Waals surface area contributed by atoms with Gasteiger partial charge in [-0.1, -0.05) is 38.1 Å². The van der Waals surface area contributed by atoms with Gasteiger partial charge < -0.3 is 19.9 Å². The number of carbonyl (C=O) groups is 1. The Labute approximate surface area is 256 Å². The Kier molecular flexibility index (Phi) is 12.8. The lowest BCUT2D eigenvalue weighted by atomic mass is 9.86. The minimum atomic E-state index is -4.35. The quantitative estimate of drug-likeness (QED) is 0.423. The molecular formula is C34H51F3N4O2. The van der Waals surface area contributed by atoms with Gasteiger partial charge in [-0.3, -0.25) is 9.69 Å². The molecule has 0 aliphatic carbocycles. The lowest BCUT2D eigenvalue weighted by Crippen LogP contribution is -2.45. The topological polar surface area (TPSA) is 48.1 Å². The van der Waals surface area contributed by atoms with E-state index in [0.717, 1.165) is 56.8 Å². The SMILES string of the molecule is CC.CC(C)(C)N1CCC(C(=O)N2CCC(c3ccc(C(F)(F)F)cc3N3CCNCC3)CC2)C1.COc1ccccc1. The number of benzene rings is 2. The Balaban J connectivity index is 0.000000433. The van der Waals surface area contributed by atoms with Gasteiger partial charge in [-0.15, -0.1) is 0 Å². The molecule has 2 aromatic rings. The molecule has 240 valence electrons. The number of hydrogen-bond acceptors (Lipinski definition) is 5. The number of anilines is 1. The first-order valence-electron chi connectivity index (χ1n) is 15.8. The zero-order valence-corrected chi connectivity index (χ0v) is 26.8. The maximum atomic E-state index is 13.4. The van der Waals surface area contributed by atoms with E-state index in [0.29, 0.717) is 31.9 Å². The number of likely N-dealkylation sites (tertiary alicyclic amines) is 2. The summed E-state index contributed by atoms with van der Waals surface area (Å²) in [7, 11) is 1.66. The van der Waals surface area contributed by atoms with Crippen LogP contribution in [0.15, 0.2) is 48.5 Å². The van der Waals surface area contributed by atoms with E-state index in [1.54, 1.807) is 13.2 Å². The second-order valence-electron chi connectivity index (χ2n) is 12.2. The first-order valence-corrected chi connectivity index (χ1v) is 15.8. The Morgan fingerprint density at radius 2 is 1.51 bits per heavy atom. The third kappa shape index (κ3) is 9.60. The van der Waals surface area contributed by atoms with E-state index >= 15 is 0 Å². The van der Waals surface area contributed by atoms with Gasteiger partial charge in [0.1, 0.15) is 5.75 Å². The molecule has 0 radical (unpaired) electrons. The molecule has 3 fully saturated rings. The number of nitrogens with one attached hydrogen (secondary N) is 1. The summed E-state index contributed by atoms with van der Waals surface area (Å²) >= 11 is 0. The molecule has 3 aliphatic rings. The average molecular weight is 605 g/mol. The molecule has 3 heterocycles. The number of halogens is 3. The van der Waals surface area contributed by atoms with Crippen LogP contribution in [0.5, 0.6) is 5.75 Å². The number of amides is 1. The first-order chi connectivity index (χ1) is 20.5. The van der Waals surface area contributed by atoms with E-state index in [9.17, 15) is 18.0 Å². The van der Waals surface area contributed by atoms with Crippen molar-refractivity contribution in [2.45, 2.75) is 71.5 Å². The summed E-state index contributed by atoms with van der Waals surface area (Å²) in [6.45, 7) is 16.6. The number of rotatable bonds is 4. The van der Waals surface area contributed by atoms with Gasteiger partial charge in [0.05, 0.1) is 18.6 Å². The number of piperazine rings is 1. The third-order valence-electron chi connectivity index (χ3n) is 8.53. The second kappa shape index (κ2) is 15.8. The fraction of sp³-hybridized carbons (Fsp3) is 0.618. The van der Waals surface area contributed by atoms with Gasteiger partial charge >= 0.3 is 6.18 Å². The molecule has 2 aromatic carbocycles. The molecule has 0 saturated carbocycles. The highest BCUT2D eigenvalue weighted by molar-refractivity contribution is 5.79. The summed E-state index contributed by atoms with van der Waals surface area (Å²) in [4.78, 5) is 19.6. The van der Waals surface area contributed by atoms with E-state index in [1.807, 2.05) is 49.1 Å². The fourth-order valence-electron chi connectivity index (χ4n) is 6.04. The number of methoxy groups -OCH3 is 1. The summed E-state index contributed by atoms with van der Waals surface area (Å²) in [5.41, 5.74) is 1.20. The van der Waals surface area contributed by atoms with Gasteiger partial charge in [-0.25, -0.2) is 0 Å². The van der Waals surface area contributed by atoms with Crippen LogP contribution in [0.1, 0.15) is 70.9 Å². The summed E-state index contributed by atoms with van der Waals surface area (Å²) in [5, 5.41) is 3.27. The van der Waals surface area contributed by atoms with Crippen LogP contribution >= 0.6 is 0 Å². The van der Waals surface area contributed by atoms with E-state index in [4.69, 9.17) is 4.74 Å². The first kappa shape index (κ1) is 34.7. The molecule has 1 atom stereocenters. The van der Waals surface area contributed by atoms with Crippen molar-refractivity contribution in [3.05, 3.63) is 59.7 Å². The normalized spacial score (nSPS) is 20.1. The van der Waals surface area contributed by atoms with Crippen molar-refractivity contribution in [3.63, 3.8) is 0 Å². The van der Waals surface area contributed by atoms with Crippen LogP contribution in [0, 0.1) is 5.92 Å². The van der Waals surface area contributed by atoms with Crippen LogP contribution < -0.4 is 15.0 Å². The molecule has 0 spiro atoms. The zero-order chi connectivity index (χ0) is 31.6. The predicted octanol–water partition coefficient (Wildman–Crippen LogP) is 6.66. The number of alkyl halides is 3. The van der Waals surface area contributed by atoms with Crippen molar-refractivity contribution < 1.29 is 22.7 Å². The highest BCUT2D eigenvalue weighted by atomic mass is 19.4. The fourth-order valence-corrected chi connectivity index (χ4v) is 6.04. The highest BCUT2D eigenvalue weighted by Gasteiger charge is 2.38. The predicted molar refractivity (Wildman–Crippen MR) is 169 cm³/mol. The summed E-state index contributed by atoms with van der Waals surface area (Å²) < 4.78 is 45.2. The number of piperidine rings is 1. The Bertz CT molecular complexity index is 1120. The smallest absolute Gasteiger partial charge is 0.416 e. The molecule has 3 aliphatic heterocycles. The monoisotopic (exact) mass is 604 g/mol. The van der Waals surface area contributed by atoms with Gasteiger partial charge in [0.2, 0.25) is 5.91 Å². The van der Waals surface area contributed by atoms with Crippen molar-refractivity contribution in [1.29, 1.82) is 0 Å². The summed E-state index contributed by atoms with van der Waals surface area (Å²) in [6, 6.07) is 13.9. The Morgan fingerprint density at radius 1 is 0.884 bits per heavy atom. The number of para-hydroxylation sites is 1. The molecule has 1 N–H and O–H groups in total. The highest BCUT2D eigenvalue weighted by Crippen LogP contribution is 2.40. The van der Waals surface area contributed by atoms with Crippen LogP contribution in [-0.4, -0.2) is 80.7 Å². The standard InChI is InChI=1S/C25H37F3N4O.C7H8O.C2H6/c1-24(2,3)32-13-8-19(17-32)23(33)31-11-6-18(7-12-31)21-5-4-20(25(26,27)28)16-22(21)30-14-9-29-10-15-30;1-8-7-5-3-2-4-6-7;1-2/h4-5,16,18-19,29H,6-15,17H2,1-3H3;2-6H,1H3;1-2H3. The largest absolute Gasteiger partial charge is 0.497 e. The average Bonchev–Trinajstić information content (AvgIpc) is 3.54. The van der Waals surface area contributed by atoms with Crippen molar-refractivity contribution in [2.24, 2.45) is 5.92 Å². The molecular weight excluding hydrogens is 553 g/mol. The van der Waals surface area contributed by atoms with E-state index in [1.165, 1.54) is 12.1 Å². The van der Waals surface area contributed by atoms with Crippen LogP contribution in [0.2, 0.25) is 0 Å². The Morgan fingerprint density at radius 3 is 2.02 bits per heavy atom. The van der Waals surface area contributed by atoms with Crippen LogP contribution in [0.25, 0.3) is 0 Å². The molecule has 5 rings (SSSR count). The van der Waals surface area contributed by atoms with E-state index < -0.39 is 11.7 Å². The summed E-state index contributed by atoms with van der Waals surface area (Å²) in [5.74, 6) is 1.39. The van der Waals surface area contributed by atoms with Gasteiger partial charge in [-0.2, -0.15) is 13.2 Å². The number of carbonyl (C=O) groups excluding carboxylic acids is 1. The molecule has 3 saturated heterocycles. The van der Waals surface area contributed by atoms with Crippen molar-refractivity contribution in [2.75, 3.05) is 64.4 Å². The molecule has 1 unspecified atom stereocenters. The van der Waals surface area contributed by atoms with Gasteiger partial charge in [-0.05, 0) is 82.3 Å². The maximum Gasteiger partial charge on any atom is 0.416 e.